The molecule has 3 aromatic rings. The van der Waals surface area contributed by atoms with E-state index in [1.807, 2.05) is 78.2 Å². The summed E-state index contributed by atoms with van der Waals surface area (Å²) in [4.78, 5) is 44.2. The molecule has 2 atom stereocenters. The number of hydrogen-bond donors (Lipinski definition) is 1. The van der Waals surface area contributed by atoms with Gasteiger partial charge >= 0.3 is 5.97 Å². The molecule has 5 rings (SSSR count). The molecule has 0 bridgehead atoms. The van der Waals surface area contributed by atoms with Gasteiger partial charge in [-0.15, -0.1) is 23.1 Å². The number of nitrogens with one attached hydrogen (secondary N) is 1. The number of β-lactam (4-membered cyclic amide) rings is 1. The van der Waals surface area contributed by atoms with E-state index in [2.05, 4.69) is 26.1 Å². The van der Waals surface area contributed by atoms with E-state index in [9.17, 15) is 14.4 Å². The van der Waals surface area contributed by atoms with Crippen LogP contribution < -0.4 is 22.3 Å². The maximum atomic E-state index is 14.6. The second kappa shape index (κ2) is 19.2. The molecule has 6 nitrogen and oxygen atoms in total. The van der Waals surface area contributed by atoms with Gasteiger partial charge in [0.2, 0.25) is 5.91 Å². The number of rotatable bonds is 18. The Balaban J connectivity index is 0.00000541. The van der Waals surface area contributed by atoms with Crippen LogP contribution in [-0.4, -0.2) is 64.5 Å². The molecule has 0 unspecified atom stereocenters. The number of ether oxygens (including phenoxy) is 1. The maximum Gasteiger partial charge on any atom is 0.356 e. The zero-order valence-corrected chi connectivity index (χ0v) is 33.1. The molecule has 1 N–H and O–H groups in total. The van der Waals surface area contributed by atoms with Crippen molar-refractivity contribution >= 4 is 48.1 Å². The highest BCUT2D eigenvalue weighted by Crippen LogP contribution is 2.63. The Morgan fingerprint density at radius 1 is 0.878 bits per heavy atom. The standard InChI is InChI=1S/C39H49N2O4PS2.BrH/c1-4-7-22-46(23-8-5-2,24-9-6-3)27-31-28-48-38-34(40-33(42)26-32-21-16-25-47-32)37(43)41(38)35(31)39(44)45-36(29-17-12-10-13-18-29)30-19-14-11-15-20-30;/h10-21,25,34,36,38H,4-9,22-24,26-28H2,1-3H3;1H/t34-,38+;/m1./s1. The lowest BCUT2D eigenvalue weighted by Gasteiger charge is -2.50. The molecule has 0 spiro atoms. The number of carbonyl (C=O) groups is 3. The number of hydrogen-bond acceptors (Lipinski definition) is 6. The number of amides is 2. The van der Waals surface area contributed by atoms with Crippen LogP contribution in [0.1, 0.15) is 81.4 Å². The number of fused-ring (bicyclic) bond motifs is 1. The van der Waals surface area contributed by atoms with Crippen LogP contribution in [0, 0.1) is 0 Å². The van der Waals surface area contributed by atoms with Crippen molar-refractivity contribution in [3.05, 3.63) is 105 Å². The summed E-state index contributed by atoms with van der Waals surface area (Å²) in [6, 6.07) is 22.8. The molecule has 0 aliphatic carbocycles. The summed E-state index contributed by atoms with van der Waals surface area (Å²) in [5, 5.41) is 4.60. The Kier molecular flexibility index (Phi) is 15.4. The summed E-state index contributed by atoms with van der Waals surface area (Å²) in [6.45, 7) is 6.78. The molecule has 0 saturated carbocycles. The second-order valence-electron chi connectivity index (χ2n) is 13.0. The third-order valence-corrected chi connectivity index (χ3v) is 16.4. The zero-order valence-electron chi connectivity index (χ0n) is 28.9. The van der Waals surface area contributed by atoms with E-state index in [1.54, 1.807) is 16.7 Å². The van der Waals surface area contributed by atoms with Gasteiger partial charge in [0.15, 0.2) is 6.10 Å². The van der Waals surface area contributed by atoms with Gasteiger partial charge in [-0.25, -0.2) is 4.79 Å². The predicted molar refractivity (Wildman–Crippen MR) is 202 cm³/mol. The van der Waals surface area contributed by atoms with Gasteiger partial charge in [-0.1, -0.05) is 107 Å². The van der Waals surface area contributed by atoms with Crippen molar-refractivity contribution in [3.8, 4) is 0 Å². The Bertz CT molecular complexity index is 1480. The van der Waals surface area contributed by atoms with Crippen LogP contribution in [0.15, 0.2) is 89.4 Å². The number of nitrogens with zero attached hydrogens (tertiary/aromatic N) is 1. The number of benzene rings is 2. The predicted octanol–water partition coefficient (Wildman–Crippen LogP) is 5.70. The molecule has 2 aliphatic heterocycles. The van der Waals surface area contributed by atoms with E-state index in [0.717, 1.165) is 47.0 Å². The molecule has 0 radical (unpaired) electrons. The monoisotopic (exact) mass is 784 g/mol. The molecular formula is C39H50BrN2O4PS2. The first kappa shape index (κ1) is 39.3. The number of esters is 1. The minimum Gasteiger partial charge on any atom is -1.00 e. The Morgan fingerprint density at radius 2 is 1.45 bits per heavy atom. The lowest BCUT2D eigenvalue weighted by Crippen LogP contribution is -3.00. The van der Waals surface area contributed by atoms with Crippen LogP contribution in [0.2, 0.25) is 0 Å². The van der Waals surface area contributed by atoms with E-state index in [0.29, 0.717) is 11.4 Å². The number of carbonyl (C=O) groups excluding carboxylic acids is 3. The van der Waals surface area contributed by atoms with Gasteiger partial charge in [0.25, 0.3) is 5.91 Å². The van der Waals surface area contributed by atoms with Crippen molar-refractivity contribution in [3.63, 3.8) is 0 Å². The van der Waals surface area contributed by atoms with Gasteiger partial charge in [0.05, 0.1) is 31.1 Å². The summed E-state index contributed by atoms with van der Waals surface area (Å²) in [5.41, 5.74) is 3.23. The number of halogens is 1. The molecule has 1 saturated heterocycles. The van der Waals surface area contributed by atoms with Crippen molar-refractivity contribution in [1.29, 1.82) is 0 Å². The molecule has 10 heteroatoms. The summed E-state index contributed by atoms with van der Waals surface area (Å²) < 4.78 is 6.46. The van der Waals surface area contributed by atoms with Crippen LogP contribution in [0.4, 0.5) is 0 Å². The highest BCUT2D eigenvalue weighted by atomic mass is 79.9. The van der Waals surface area contributed by atoms with Crippen molar-refractivity contribution < 1.29 is 36.1 Å². The minimum atomic E-state index is -1.44. The number of thiophene rings is 1. The normalized spacial score (nSPS) is 17.3. The Hall–Kier alpha value is -2.45. The largest absolute Gasteiger partial charge is 1.00 e. The van der Waals surface area contributed by atoms with Crippen molar-refractivity contribution in [2.75, 3.05) is 30.4 Å². The van der Waals surface area contributed by atoms with Gasteiger partial charge in [0.1, 0.15) is 17.1 Å². The van der Waals surface area contributed by atoms with Crippen LogP contribution in [-0.2, 0) is 25.5 Å². The highest BCUT2D eigenvalue weighted by molar-refractivity contribution is 8.00. The van der Waals surface area contributed by atoms with Crippen LogP contribution in [0.3, 0.4) is 0 Å². The average Bonchev–Trinajstić information content (AvgIpc) is 3.63. The summed E-state index contributed by atoms with van der Waals surface area (Å²) in [7, 11) is -1.44. The van der Waals surface area contributed by atoms with Gasteiger partial charge in [-0.3, -0.25) is 14.5 Å². The molecule has 264 valence electrons. The van der Waals surface area contributed by atoms with E-state index in [1.165, 1.54) is 49.1 Å². The lowest BCUT2D eigenvalue weighted by molar-refractivity contribution is -0.154. The molecule has 2 aliphatic rings. The van der Waals surface area contributed by atoms with Crippen molar-refractivity contribution in [2.24, 2.45) is 0 Å². The first-order chi connectivity index (χ1) is 23.4. The summed E-state index contributed by atoms with van der Waals surface area (Å²) in [5.74, 6) is -0.202. The summed E-state index contributed by atoms with van der Waals surface area (Å²) >= 11 is 3.20. The van der Waals surface area contributed by atoms with Gasteiger partial charge in [0, 0.05) is 23.5 Å². The molecule has 2 aromatic carbocycles. The molecule has 1 fully saturated rings. The molecule has 1 aromatic heterocycles. The number of unbranched alkanes of at least 4 members (excludes halogenated alkanes) is 3. The molecule has 49 heavy (non-hydrogen) atoms. The van der Waals surface area contributed by atoms with Crippen LogP contribution in [0.25, 0.3) is 0 Å². The maximum absolute atomic E-state index is 14.6. The summed E-state index contributed by atoms with van der Waals surface area (Å²) in [6.07, 6.45) is 11.2. The van der Waals surface area contributed by atoms with Gasteiger partial charge in [-0.2, -0.15) is 0 Å². The van der Waals surface area contributed by atoms with Gasteiger partial charge < -0.3 is 27.0 Å². The first-order valence-electron chi connectivity index (χ1n) is 17.5. The van der Waals surface area contributed by atoms with Crippen LogP contribution >= 0.6 is 30.4 Å². The third-order valence-electron chi connectivity index (χ3n) is 9.39. The van der Waals surface area contributed by atoms with E-state index in [-0.39, 0.29) is 40.6 Å². The van der Waals surface area contributed by atoms with Crippen molar-refractivity contribution in [1.82, 2.24) is 10.2 Å². The zero-order chi connectivity index (χ0) is 33.9. The van der Waals surface area contributed by atoms with Crippen LogP contribution in [0.5, 0.6) is 0 Å². The van der Waals surface area contributed by atoms with E-state index in [4.69, 9.17) is 4.74 Å². The Labute approximate surface area is 312 Å². The smallest absolute Gasteiger partial charge is 0.356 e. The van der Waals surface area contributed by atoms with Crippen molar-refractivity contribution in [2.45, 2.75) is 83.2 Å². The topological polar surface area (TPSA) is 75.7 Å². The fraction of sp³-hybridized carbons (Fsp3) is 0.462. The second-order valence-corrected chi connectivity index (χ2v) is 19.5. The fourth-order valence-electron chi connectivity index (χ4n) is 6.79. The molecule has 2 amide bonds. The SMILES string of the molecule is CCCC[P+](CCCC)(CCCC)CC1=C(C(=O)OC(c2ccccc2)c2ccccc2)N2C(=O)[C@@H](NC(=O)Cc3cccs3)[C@@H]2SC1.[Br-]. The fourth-order valence-corrected chi connectivity index (χ4v) is 14.2. The third kappa shape index (κ3) is 9.87. The highest BCUT2D eigenvalue weighted by Gasteiger charge is 2.55. The van der Waals surface area contributed by atoms with E-state index < -0.39 is 25.4 Å². The van der Waals surface area contributed by atoms with Gasteiger partial charge in [-0.05, 0) is 41.8 Å². The molecular weight excluding hydrogens is 735 g/mol. The number of thioether (sulfide) groups is 1. The quantitative estimate of drug-likeness (QED) is 0.102. The molecule has 3 heterocycles. The average molecular weight is 786 g/mol. The first-order valence-corrected chi connectivity index (χ1v) is 22.0. The minimum absolute atomic E-state index is 0. The van der Waals surface area contributed by atoms with E-state index >= 15 is 0 Å². The Morgan fingerprint density at radius 3 is 1.96 bits per heavy atom. The lowest BCUT2D eigenvalue weighted by atomic mass is 10.0.